The Morgan fingerprint density at radius 2 is 1.68 bits per heavy atom. The predicted molar refractivity (Wildman–Crippen MR) is 119 cm³/mol. The van der Waals surface area contributed by atoms with Crippen LogP contribution in [-0.2, 0) is 16.6 Å². The van der Waals surface area contributed by atoms with Crippen LogP contribution in [0, 0.1) is 0 Å². The van der Waals surface area contributed by atoms with Gasteiger partial charge in [0, 0.05) is 25.7 Å². The molecule has 1 aromatic heterocycles. The Balaban J connectivity index is 1.52. The van der Waals surface area contributed by atoms with Gasteiger partial charge in [-0.3, -0.25) is 4.98 Å². The first-order valence-corrected chi connectivity index (χ1v) is 11.7. The van der Waals surface area contributed by atoms with Gasteiger partial charge < -0.3 is 14.8 Å². The van der Waals surface area contributed by atoms with E-state index in [4.69, 9.17) is 9.47 Å². The molecule has 0 amide bonds. The number of rotatable bonds is 7. The number of piperidine rings is 1. The number of aromatic nitrogens is 2. The average Bonchev–Trinajstić information content (AvgIpc) is 2.82. The summed E-state index contributed by atoms with van der Waals surface area (Å²) in [7, 11) is -0.274. The second kappa shape index (κ2) is 9.07. The lowest BCUT2D eigenvalue weighted by atomic mass is 10.2. The molecule has 4 rings (SSSR count). The molecule has 3 aromatic rings. The summed E-state index contributed by atoms with van der Waals surface area (Å²) in [4.78, 5) is 9.25. The molecule has 0 aliphatic carbocycles. The first kappa shape index (κ1) is 21.3. The molecule has 1 aliphatic rings. The van der Waals surface area contributed by atoms with Gasteiger partial charge in [-0.2, -0.15) is 4.31 Å². The van der Waals surface area contributed by atoms with Gasteiger partial charge in [0.2, 0.25) is 10.0 Å². The lowest BCUT2D eigenvalue weighted by molar-refractivity contribution is 0.346. The van der Waals surface area contributed by atoms with Crippen molar-refractivity contribution in [1.82, 2.24) is 14.3 Å². The van der Waals surface area contributed by atoms with Crippen molar-refractivity contribution in [3.63, 3.8) is 0 Å². The van der Waals surface area contributed by atoms with E-state index in [1.807, 2.05) is 18.2 Å². The largest absolute Gasteiger partial charge is 0.497 e. The predicted octanol–water partition coefficient (Wildman–Crippen LogP) is 3.43. The number of nitrogens with zero attached hydrogens (tertiary/aromatic N) is 3. The van der Waals surface area contributed by atoms with E-state index in [2.05, 4.69) is 15.3 Å². The number of hydrogen-bond donors (Lipinski definition) is 1. The minimum Gasteiger partial charge on any atom is -0.497 e. The van der Waals surface area contributed by atoms with Crippen molar-refractivity contribution in [3.05, 3.63) is 48.2 Å². The minimum absolute atomic E-state index is 0.264. The van der Waals surface area contributed by atoms with Crippen molar-refractivity contribution in [1.29, 1.82) is 0 Å². The number of hydrogen-bond acceptors (Lipinski definition) is 7. The number of nitrogens with one attached hydrogen (secondary N) is 1. The summed E-state index contributed by atoms with van der Waals surface area (Å²) < 4.78 is 38.0. The zero-order chi connectivity index (χ0) is 21.8. The van der Waals surface area contributed by atoms with Gasteiger partial charge >= 0.3 is 0 Å². The lowest BCUT2D eigenvalue weighted by Gasteiger charge is -2.25. The highest BCUT2D eigenvalue weighted by Gasteiger charge is 2.26. The van der Waals surface area contributed by atoms with Crippen LogP contribution in [0.5, 0.6) is 11.5 Å². The van der Waals surface area contributed by atoms with Crippen LogP contribution in [-0.4, -0.2) is 50.0 Å². The zero-order valence-electron chi connectivity index (χ0n) is 17.7. The fourth-order valence-corrected chi connectivity index (χ4v) is 5.19. The van der Waals surface area contributed by atoms with Crippen LogP contribution >= 0.6 is 0 Å². The van der Waals surface area contributed by atoms with Crippen LogP contribution in [0.15, 0.2) is 47.5 Å². The van der Waals surface area contributed by atoms with Crippen LogP contribution in [0.25, 0.3) is 11.0 Å². The van der Waals surface area contributed by atoms with Gasteiger partial charge in [-0.15, -0.1) is 0 Å². The summed E-state index contributed by atoms with van der Waals surface area (Å²) >= 11 is 0. The SMILES string of the molecule is COc1cc(CNc2cnc3cc(S(=O)(=O)N4CCCCC4)ccc3n2)cc(OC)c1. The Labute approximate surface area is 182 Å². The Morgan fingerprint density at radius 1 is 0.968 bits per heavy atom. The summed E-state index contributed by atoms with van der Waals surface area (Å²) in [6.45, 7) is 1.66. The quantitative estimate of drug-likeness (QED) is 0.599. The molecule has 31 heavy (non-hydrogen) atoms. The van der Waals surface area contributed by atoms with E-state index in [9.17, 15) is 8.42 Å². The van der Waals surface area contributed by atoms with E-state index in [-0.39, 0.29) is 4.90 Å². The van der Waals surface area contributed by atoms with Crippen molar-refractivity contribution < 1.29 is 17.9 Å². The summed E-state index contributed by atoms with van der Waals surface area (Å²) in [5.41, 5.74) is 2.15. The van der Waals surface area contributed by atoms with Crippen LogP contribution in [0.1, 0.15) is 24.8 Å². The van der Waals surface area contributed by atoms with Crippen molar-refractivity contribution >= 4 is 26.9 Å². The average molecular weight is 443 g/mol. The van der Waals surface area contributed by atoms with Gasteiger partial charge in [0.05, 0.1) is 36.3 Å². The maximum absolute atomic E-state index is 12.9. The monoisotopic (exact) mass is 442 g/mol. The van der Waals surface area contributed by atoms with Crippen LogP contribution < -0.4 is 14.8 Å². The number of anilines is 1. The standard InChI is InChI=1S/C22H26N4O4S/c1-29-17-10-16(11-18(12-17)30-2)14-24-22-15-23-21-13-19(6-7-20(21)25-22)31(27,28)26-8-4-3-5-9-26/h6-7,10-13,15H,3-5,8-9,14H2,1-2H3,(H,24,25). The third-order valence-electron chi connectivity index (χ3n) is 5.35. The van der Waals surface area contributed by atoms with Gasteiger partial charge in [0.1, 0.15) is 17.3 Å². The van der Waals surface area contributed by atoms with E-state index >= 15 is 0 Å². The molecule has 2 heterocycles. The normalized spacial score (nSPS) is 15.0. The van der Waals surface area contributed by atoms with E-state index < -0.39 is 10.0 Å². The van der Waals surface area contributed by atoms with Crippen molar-refractivity contribution in [3.8, 4) is 11.5 Å². The summed E-state index contributed by atoms with van der Waals surface area (Å²) in [6.07, 6.45) is 4.49. The highest BCUT2D eigenvalue weighted by atomic mass is 32.2. The molecule has 164 valence electrons. The third-order valence-corrected chi connectivity index (χ3v) is 7.25. The first-order chi connectivity index (χ1) is 15.0. The van der Waals surface area contributed by atoms with E-state index in [0.717, 1.165) is 24.8 Å². The molecule has 2 aromatic carbocycles. The second-order valence-electron chi connectivity index (χ2n) is 7.44. The minimum atomic E-state index is -3.50. The second-order valence-corrected chi connectivity index (χ2v) is 9.38. The lowest BCUT2D eigenvalue weighted by Crippen LogP contribution is -2.35. The fourth-order valence-electron chi connectivity index (χ4n) is 3.65. The van der Waals surface area contributed by atoms with Gasteiger partial charge in [-0.25, -0.2) is 13.4 Å². The molecular weight excluding hydrogens is 416 g/mol. The van der Waals surface area contributed by atoms with Gasteiger partial charge in [0.15, 0.2) is 0 Å². The zero-order valence-corrected chi connectivity index (χ0v) is 18.5. The highest BCUT2D eigenvalue weighted by Crippen LogP contribution is 2.25. The number of sulfonamides is 1. The smallest absolute Gasteiger partial charge is 0.243 e. The third kappa shape index (κ3) is 4.72. The fraction of sp³-hybridized carbons (Fsp3) is 0.364. The Bertz CT molecular complexity index is 1160. The molecule has 8 nitrogen and oxygen atoms in total. The molecule has 9 heteroatoms. The summed E-state index contributed by atoms with van der Waals surface area (Å²) in [6, 6.07) is 10.6. The molecule has 1 fully saturated rings. The molecule has 1 saturated heterocycles. The molecule has 1 N–H and O–H groups in total. The van der Waals surface area contributed by atoms with Gasteiger partial charge in [-0.05, 0) is 48.7 Å². The molecule has 0 radical (unpaired) electrons. The number of fused-ring (bicyclic) bond motifs is 1. The van der Waals surface area contributed by atoms with Crippen LogP contribution in [0.2, 0.25) is 0 Å². The van der Waals surface area contributed by atoms with Crippen LogP contribution in [0.3, 0.4) is 0 Å². The number of ether oxygens (including phenoxy) is 2. The molecule has 0 atom stereocenters. The summed E-state index contributed by atoms with van der Waals surface area (Å²) in [5, 5.41) is 3.24. The molecule has 1 aliphatic heterocycles. The van der Waals surface area contributed by atoms with E-state index in [1.165, 1.54) is 0 Å². The Hall–Kier alpha value is -2.91. The molecule has 0 spiro atoms. The molecule has 0 saturated carbocycles. The maximum atomic E-state index is 12.9. The Kier molecular flexibility index (Phi) is 6.24. The van der Waals surface area contributed by atoms with Gasteiger partial charge in [-0.1, -0.05) is 6.42 Å². The van der Waals surface area contributed by atoms with E-state index in [1.54, 1.807) is 42.9 Å². The topological polar surface area (TPSA) is 93.6 Å². The molecule has 0 bridgehead atoms. The van der Waals surface area contributed by atoms with Crippen molar-refractivity contribution in [2.75, 3.05) is 32.6 Å². The molecule has 0 unspecified atom stereocenters. The maximum Gasteiger partial charge on any atom is 0.243 e. The Morgan fingerprint density at radius 3 is 2.35 bits per heavy atom. The first-order valence-electron chi connectivity index (χ1n) is 10.2. The van der Waals surface area contributed by atoms with E-state index in [0.29, 0.717) is 48.0 Å². The number of benzene rings is 2. The van der Waals surface area contributed by atoms with Crippen LogP contribution in [0.4, 0.5) is 5.82 Å². The summed E-state index contributed by atoms with van der Waals surface area (Å²) in [5.74, 6) is 2.02. The van der Waals surface area contributed by atoms with Gasteiger partial charge in [0.25, 0.3) is 0 Å². The van der Waals surface area contributed by atoms with Crippen molar-refractivity contribution in [2.24, 2.45) is 0 Å². The van der Waals surface area contributed by atoms with Crippen molar-refractivity contribution in [2.45, 2.75) is 30.7 Å². The molecular formula is C22H26N4O4S. The highest BCUT2D eigenvalue weighted by molar-refractivity contribution is 7.89. The number of methoxy groups -OCH3 is 2.